The first kappa shape index (κ1) is 19.5. The van der Waals surface area contributed by atoms with Gasteiger partial charge >= 0.3 is 5.97 Å². The third kappa shape index (κ3) is 4.63. The smallest absolute Gasteiger partial charge is 0.320 e. The number of hydrogen-bond acceptors (Lipinski definition) is 6. The van der Waals surface area contributed by atoms with Crippen LogP contribution in [-0.2, 0) is 4.79 Å². The summed E-state index contributed by atoms with van der Waals surface area (Å²) in [4.78, 5) is 23.6. The molecule has 29 heavy (non-hydrogen) atoms. The summed E-state index contributed by atoms with van der Waals surface area (Å²) in [5.41, 5.74) is 2.21. The van der Waals surface area contributed by atoms with Crippen molar-refractivity contribution in [2.45, 2.75) is 31.7 Å². The number of benzene rings is 1. The number of anilines is 2. The van der Waals surface area contributed by atoms with Gasteiger partial charge in [0.25, 0.3) is 0 Å². The number of pyridine rings is 1. The number of carbonyl (C=O) groups is 1. The van der Waals surface area contributed by atoms with Gasteiger partial charge in [0.1, 0.15) is 11.9 Å². The Morgan fingerprint density at radius 3 is 2.66 bits per heavy atom. The number of aromatic nitrogens is 2. The first-order valence-corrected chi connectivity index (χ1v) is 10.6. The average Bonchev–Trinajstić information content (AvgIpc) is 3.22. The van der Waals surface area contributed by atoms with Crippen LogP contribution in [0.25, 0.3) is 10.4 Å². The third-order valence-corrected chi connectivity index (χ3v) is 6.38. The van der Waals surface area contributed by atoms with Gasteiger partial charge in [0, 0.05) is 17.8 Å². The number of thiazole rings is 1. The van der Waals surface area contributed by atoms with E-state index in [1.807, 2.05) is 41.4 Å². The molecule has 0 amide bonds. The van der Waals surface area contributed by atoms with E-state index < -0.39 is 12.0 Å². The Hall–Kier alpha value is -2.77. The molecule has 150 valence electrons. The van der Waals surface area contributed by atoms with E-state index in [-0.39, 0.29) is 0 Å². The van der Waals surface area contributed by atoms with Crippen molar-refractivity contribution in [3.8, 4) is 10.4 Å². The molecule has 7 heteroatoms. The lowest BCUT2D eigenvalue weighted by molar-refractivity contribution is -0.143. The first-order chi connectivity index (χ1) is 14.1. The second kappa shape index (κ2) is 8.71. The molecule has 1 atom stereocenters. The van der Waals surface area contributed by atoms with Crippen molar-refractivity contribution in [2.75, 3.05) is 18.4 Å². The highest BCUT2D eigenvalue weighted by Crippen LogP contribution is 2.32. The van der Waals surface area contributed by atoms with Crippen LogP contribution in [-0.4, -0.2) is 45.1 Å². The van der Waals surface area contributed by atoms with E-state index in [0.717, 1.165) is 53.0 Å². The summed E-state index contributed by atoms with van der Waals surface area (Å²) in [5, 5.41) is 13.3. The van der Waals surface area contributed by atoms with Gasteiger partial charge < -0.3 is 10.4 Å². The molecule has 0 saturated carbocycles. The molecule has 1 aromatic carbocycles. The summed E-state index contributed by atoms with van der Waals surface area (Å²) in [6, 6.07) is 15.8. The lowest BCUT2D eigenvalue weighted by Crippen LogP contribution is -2.43. The topological polar surface area (TPSA) is 78.4 Å². The monoisotopic (exact) mass is 408 g/mol. The van der Waals surface area contributed by atoms with Gasteiger partial charge in [-0.25, -0.2) is 9.97 Å². The van der Waals surface area contributed by atoms with E-state index in [4.69, 9.17) is 4.98 Å². The van der Waals surface area contributed by atoms with Crippen LogP contribution in [0.4, 0.5) is 10.9 Å². The molecule has 1 aliphatic heterocycles. The van der Waals surface area contributed by atoms with Crippen molar-refractivity contribution in [1.29, 1.82) is 0 Å². The van der Waals surface area contributed by atoms with Gasteiger partial charge in [-0.15, -0.1) is 0 Å². The van der Waals surface area contributed by atoms with Crippen LogP contribution >= 0.6 is 11.3 Å². The molecular formula is C22H24N4O2S. The van der Waals surface area contributed by atoms with E-state index in [2.05, 4.69) is 28.5 Å². The van der Waals surface area contributed by atoms with Crippen LogP contribution in [0.15, 0.2) is 54.7 Å². The molecule has 3 heterocycles. The number of nitrogens with zero attached hydrogens (tertiary/aromatic N) is 3. The maximum atomic E-state index is 11.2. The number of hydrogen-bond donors (Lipinski definition) is 2. The minimum atomic E-state index is -0.758. The molecule has 3 aromatic rings. The van der Waals surface area contributed by atoms with Gasteiger partial charge in [-0.3, -0.25) is 9.69 Å². The SMILES string of the molecule is C[C@H](C(=O)O)N1CCC(c2cccc(Nc3ncc(-c4ccccc4)s3)n2)CC1. The molecule has 2 aromatic heterocycles. The molecule has 0 unspecified atom stereocenters. The minimum Gasteiger partial charge on any atom is -0.480 e. The molecule has 1 saturated heterocycles. The average molecular weight is 409 g/mol. The van der Waals surface area contributed by atoms with Gasteiger partial charge in [-0.05, 0) is 50.6 Å². The molecule has 6 nitrogen and oxygen atoms in total. The van der Waals surface area contributed by atoms with Crippen LogP contribution < -0.4 is 5.32 Å². The number of piperidine rings is 1. The highest BCUT2D eigenvalue weighted by Gasteiger charge is 2.27. The maximum Gasteiger partial charge on any atom is 0.320 e. The van der Waals surface area contributed by atoms with Crippen molar-refractivity contribution < 1.29 is 9.90 Å². The second-order valence-electron chi connectivity index (χ2n) is 7.29. The lowest BCUT2D eigenvalue weighted by atomic mass is 9.92. The van der Waals surface area contributed by atoms with Crippen molar-refractivity contribution in [1.82, 2.24) is 14.9 Å². The molecule has 0 aliphatic carbocycles. The normalized spacial score (nSPS) is 16.4. The Morgan fingerprint density at radius 2 is 1.93 bits per heavy atom. The minimum absolute atomic E-state index is 0.352. The fourth-order valence-corrected chi connectivity index (χ4v) is 4.49. The second-order valence-corrected chi connectivity index (χ2v) is 8.32. The Bertz CT molecular complexity index is 968. The fourth-order valence-electron chi connectivity index (χ4n) is 3.66. The van der Waals surface area contributed by atoms with Crippen LogP contribution in [0.5, 0.6) is 0 Å². The van der Waals surface area contributed by atoms with Crippen LogP contribution in [0.2, 0.25) is 0 Å². The van der Waals surface area contributed by atoms with E-state index >= 15 is 0 Å². The highest BCUT2D eigenvalue weighted by molar-refractivity contribution is 7.18. The summed E-state index contributed by atoms with van der Waals surface area (Å²) in [6.45, 7) is 3.32. The Kier molecular flexibility index (Phi) is 5.87. The lowest BCUT2D eigenvalue weighted by Gasteiger charge is -2.34. The molecule has 2 N–H and O–H groups in total. The van der Waals surface area contributed by atoms with Crippen LogP contribution in [0.3, 0.4) is 0 Å². The Labute approximate surface area is 174 Å². The number of nitrogens with one attached hydrogen (secondary N) is 1. The van der Waals surface area contributed by atoms with Crippen molar-refractivity contribution in [3.05, 3.63) is 60.4 Å². The standard InChI is InChI=1S/C22H24N4O2S/c1-15(21(27)28)26-12-10-16(11-13-26)18-8-5-9-20(24-18)25-22-23-14-19(29-22)17-6-3-2-4-7-17/h2-9,14-16H,10-13H2,1H3,(H,27,28)(H,23,24,25)/t15-/m1/s1. The summed E-state index contributed by atoms with van der Waals surface area (Å²) in [6.07, 6.45) is 3.72. The van der Waals surface area contributed by atoms with Gasteiger partial charge in [-0.1, -0.05) is 47.7 Å². The van der Waals surface area contributed by atoms with Gasteiger partial charge in [0.2, 0.25) is 0 Å². The van der Waals surface area contributed by atoms with E-state index in [0.29, 0.717) is 5.92 Å². The van der Waals surface area contributed by atoms with Crippen molar-refractivity contribution in [3.63, 3.8) is 0 Å². The number of aliphatic carboxylic acids is 1. The predicted molar refractivity (Wildman–Crippen MR) is 116 cm³/mol. The number of carboxylic acids is 1. The number of rotatable bonds is 6. The summed E-state index contributed by atoms with van der Waals surface area (Å²) < 4.78 is 0. The third-order valence-electron chi connectivity index (χ3n) is 5.42. The molecule has 0 bridgehead atoms. The predicted octanol–water partition coefficient (Wildman–Crippen LogP) is 4.60. The highest BCUT2D eigenvalue weighted by atomic mass is 32.1. The summed E-state index contributed by atoms with van der Waals surface area (Å²) in [5.74, 6) is 0.383. The molecule has 1 fully saturated rings. The van der Waals surface area contributed by atoms with Gasteiger partial charge in [-0.2, -0.15) is 0 Å². The maximum absolute atomic E-state index is 11.2. The van der Waals surface area contributed by atoms with E-state index in [9.17, 15) is 9.90 Å². The van der Waals surface area contributed by atoms with Crippen LogP contribution in [0.1, 0.15) is 31.4 Å². The van der Waals surface area contributed by atoms with Gasteiger partial charge in [0.15, 0.2) is 5.13 Å². The Balaban J connectivity index is 1.41. The van der Waals surface area contributed by atoms with E-state index in [1.54, 1.807) is 18.3 Å². The Morgan fingerprint density at radius 1 is 1.17 bits per heavy atom. The summed E-state index contributed by atoms with van der Waals surface area (Å²) in [7, 11) is 0. The van der Waals surface area contributed by atoms with Gasteiger partial charge in [0.05, 0.1) is 4.88 Å². The molecule has 1 aliphatic rings. The molecular weight excluding hydrogens is 384 g/mol. The first-order valence-electron chi connectivity index (χ1n) is 9.82. The zero-order valence-corrected chi connectivity index (χ0v) is 17.1. The molecule has 0 spiro atoms. The number of likely N-dealkylation sites (tertiary alicyclic amines) is 1. The number of carboxylic acid groups (broad SMARTS) is 1. The van der Waals surface area contributed by atoms with Crippen molar-refractivity contribution >= 4 is 28.3 Å². The largest absolute Gasteiger partial charge is 0.480 e. The zero-order valence-electron chi connectivity index (χ0n) is 16.3. The summed E-state index contributed by atoms with van der Waals surface area (Å²) >= 11 is 1.60. The zero-order chi connectivity index (χ0) is 20.2. The molecule has 4 rings (SSSR count). The van der Waals surface area contributed by atoms with Crippen LogP contribution in [0, 0.1) is 0 Å². The quantitative estimate of drug-likeness (QED) is 0.621. The fraction of sp³-hybridized carbons (Fsp3) is 0.318. The van der Waals surface area contributed by atoms with E-state index in [1.165, 1.54) is 0 Å². The molecule has 0 radical (unpaired) electrons. The van der Waals surface area contributed by atoms with Crippen molar-refractivity contribution in [2.24, 2.45) is 0 Å².